The lowest BCUT2D eigenvalue weighted by Gasteiger charge is -2.25. The fourth-order valence-corrected chi connectivity index (χ4v) is 4.86. The Hall–Kier alpha value is -2.61. The van der Waals surface area contributed by atoms with Crippen molar-refractivity contribution >= 4 is 27.1 Å². The predicted molar refractivity (Wildman–Crippen MR) is 105 cm³/mol. The van der Waals surface area contributed by atoms with Gasteiger partial charge in [0, 0.05) is 19.3 Å². The molecular weight excluding hydrogens is 366 g/mol. The van der Waals surface area contributed by atoms with Crippen molar-refractivity contribution in [1.29, 1.82) is 0 Å². The molecule has 3 rings (SSSR count). The first kappa shape index (κ1) is 19.2. The number of benzene rings is 1. The van der Waals surface area contributed by atoms with Crippen LogP contribution in [0.25, 0.3) is 0 Å². The number of aromatic nitrogens is 1. The Morgan fingerprint density at radius 2 is 2.11 bits per heavy atom. The van der Waals surface area contributed by atoms with E-state index in [9.17, 15) is 13.2 Å². The van der Waals surface area contributed by atoms with Crippen LogP contribution in [-0.2, 0) is 9.84 Å². The Balaban J connectivity index is 1.76. The van der Waals surface area contributed by atoms with Crippen LogP contribution in [0.4, 0.5) is 11.4 Å². The van der Waals surface area contributed by atoms with Crippen molar-refractivity contribution in [3.63, 3.8) is 0 Å². The Kier molecular flexibility index (Phi) is 5.65. The molecule has 1 fully saturated rings. The zero-order valence-corrected chi connectivity index (χ0v) is 16.2. The molecule has 1 aromatic heterocycles. The van der Waals surface area contributed by atoms with E-state index in [1.165, 1.54) is 6.20 Å². The van der Waals surface area contributed by atoms with E-state index >= 15 is 0 Å². The van der Waals surface area contributed by atoms with Crippen LogP contribution in [-0.4, -0.2) is 50.5 Å². The average Bonchev–Trinajstić information content (AvgIpc) is 3.03. The summed E-state index contributed by atoms with van der Waals surface area (Å²) < 4.78 is 29.0. The number of pyridine rings is 1. The number of sulfone groups is 1. The molecule has 0 radical (unpaired) electrons. The summed E-state index contributed by atoms with van der Waals surface area (Å²) in [6, 6.07) is 8.84. The predicted octanol–water partition coefficient (Wildman–Crippen LogP) is 2.36. The van der Waals surface area contributed by atoms with Gasteiger partial charge in [0.1, 0.15) is 5.75 Å². The van der Waals surface area contributed by atoms with E-state index in [1.807, 2.05) is 31.0 Å². The molecular formula is C19H23N3O4S. The minimum atomic E-state index is -2.98. The molecule has 0 saturated carbocycles. The third-order valence-electron chi connectivity index (χ3n) is 4.58. The number of hydrogen-bond acceptors (Lipinski definition) is 6. The third kappa shape index (κ3) is 4.57. The highest BCUT2D eigenvalue weighted by molar-refractivity contribution is 7.91. The first-order valence-electron chi connectivity index (χ1n) is 8.81. The molecule has 1 amide bonds. The van der Waals surface area contributed by atoms with Gasteiger partial charge in [-0.1, -0.05) is 12.1 Å². The van der Waals surface area contributed by atoms with Gasteiger partial charge in [0.25, 0.3) is 5.91 Å². The zero-order valence-electron chi connectivity index (χ0n) is 15.4. The van der Waals surface area contributed by atoms with Crippen LogP contribution in [0, 0.1) is 0 Å². The molecule has 144 valence electrons. The van der Waals surface area contributed by atoms with Crippen molar-refractivity contribution < 1.29 is 17.9 Å². The second-order valence-corrected chi connectivity index (χ2v) is 8.71. The van der Waals surface area contributed by atoms with Crippen molar-refractivity contribution in [3.8, 4) is 5.75 Å². The van der Waals surface area contributed by atoms with Crippen LogP contribution in [0.2, 0.25) is 0 Å². The fraction of sp³-hybridized carbons (Fsp3) is 0.368. The topological polar surface area (TPSA) is 88.6 Å². The van der Waals surface area contributed by atoms with E-state index in [-0.39, 0.29) is 23.5 Å². The van der Waals surface area contributed by atoms with E-state index in [0.29, 0.717) is 35.7 Å². The molecule has 1 unspecified atom stereocenters. The van der Waals surface area contributed by atoms with Crippen molar-refractivity contribution in [2.24, 2.45) is 0 Å². The summed E-state index contributed by atoms with van der Waals surface area (Å²) in [5, 5.41) is 2.84. The first-order valence-corrected chi connectivity index (χ1v) is 10.6. The van der Waals surface area contributed by atoms with Gasteiger partial charge in [0.15, 0.2) is 9.84 Å². The van der Waals surface area contributed by atoms with Crippen LogP contribution in [0.3, 0.4) is 0 Å². The maximum absolute atomic E-state index is 12.6. The summed E-state index contributed by atoms with van der Waals surface area (Å²) >= 11 is 0. The molecule has 0 bridgehead atoms. The number of ether oxygens (including phenoxy) is 1. The van der Waals surface area contributed by atoms with Gasteiger partial charge in [-0.3, -0.25) is 9.78 Å². The first-order chi connectivity index (χ1) is 12.9. The largest absolute Gasteiger partial charge is 0.492 e. The van der Waals surface area contributed by atoms with Crippen LogP contribution >= 0.6 is 0 Å². The molecule has 0 aliphatic carbocycles. The monoisotopic (exact) mass is 389 g/mol. The smallest absolute Gasteiger partial charge is 0.257 e. The SMILES string of the molecule is CCOc1ccccc1NC(=O)c1cncc(N(C)C2CCS(=O)(=O)C2)c1. The van der Waals surface area contributed by atoms with Crippen molar-refractivity contribution in [2.45, 2.75) is 19.4 Å². The lowest BCUT2D eigenvalue weighted by atomic mass is 10.2. The highest BCUT2D eigenvalue weighted by atomic mass is 32.2. The lowest BCUT2D eigenvalue weighted by molar-refractivity contribution is 0.102. The van der Waals surface area contributed by atoms with E-state index in [4.69, 9.17) is 4.74 Å². The Morgan fingerprint density at radius 1 is 1.33 bits per heavy atom. The zero-order chi connectivity index (χ0) is 19.4. The van der Waals surface area contributed by atoms with Crippen LogP contribution in [0.5, 0.6) is 5.75 Å². The number of carbonyl (C=O) groups excluding carboxylic acids is 1. The highest BCUT2D eigenvalue weighted by Gasteiger charge is 2.31. The fourth-order valence-electron chi connectivity index (χ4n) is 3.08. The van der Waals surface area contributed by atoms with Crippen molar-refractivity contribution in [2.75, 3.05) is 35.4 Å². The summed E-state index contributed by atoms with van der Waals surface area (Å²) in [6.45, 7) is 2.38. The molecule has 2 aromatic rings. The summed E-state index contributed by atoms with van der Waals surface area (Å²) in [5.41, 5.74) is 1.69. The molecule has 8 heteroatoms. The maximum atomic E-state index is 12.6. The summed E-state index contributed by atoms with van der Waals surface area (Å²) in [6.07, 6.45) is 3.70. The van der Waals surface area contributed by atoms with E-state index in [1.54, 1.807) is 24.4 Å². The van der Waals surface area contributed by atoms with Crippen molar-refractivity contribution in [3.05, 3.63) is 48.3 Å². The molecule has 1 N–H and O–H groups in total. The van der Waals surface area contributed by atoms with Gasteiger partial charge in [0.2, 0.25) is 0 Å². The van der Waals surface area contributed by atoms with Gasteiger partial charge in [-0.25, -0.2) is 8.42 Å². The number of rotatable bonds is 6. The van der Waals surface area contributed by atoms with Crippen molar-refractivity contribution in [1.82, 2.24) is 4.98 Å². The summed E-state index contributed by atoms with van der Waals surface area (Å²) in [7, 11) is -1.15. The second-order valence-electron chi connectivity index (χ2n) is 6.48. The van der Waals surface area contributed by atoms with E-state index < -0.39 is 9.84 Å². The number of amides is 1. The van der Waals surface area contributed by atoms with Gasteiger partial charge in [-0.15, -0.1) is 0 Å². The number of nitrogens with one attached hydrogen (secondary N) is 1. The number of para-hydroxylation sites is 2. The van der Waals surface area contributed by atoms with Gasteiger partial charge < -0.3 is 15.0 Å². The number of carbonyl (C=O) groups is 1. The number of nitrogens with zero attached hydrogens (tertiary/aromatic N) is 2. The standard InChI is InChI=1S/C19H23N3O4S/c1-3-26-18-7-5-4-6-17(18)21-19(23)14-10-16(12-20-11-14)22(2)15-8-9-27(24,25)13-15/h4-7,10-12,15H,3,8-9,13H2,1-2H3,(H,21,23). The molecule has 1 aromatic carbocycles. The third-order valence-corrected chi connectivity index (χ3v) is 6.33. The van der Waals surface area contributed by atoms with Gasteiger partial charge in [-0.2, -0.15) is 0 Å². The molecule has 0 spiro atoms. The molecule has 1 aliphatic heterocycles. The van der Waals surface area contributed by atoms with Crippen LogP contribution < -0.4 is 15.0 Å². The number of hydrogen-bond donors (Lipinski definition) is 1. The van der Waals surface area contributed by atoms with Gasteiger partial charge >= 0.3 is 0 Å². The Bertz CT molecular complexity index is 930. The van der Waals surface area contributed by atoms with Crippen LogP contribution in [0.1, 0.15) is 23.7 Å². The van der Waals surface area contributed by atoms with Gasteiger partial charge in [-0.05, 0) is 31.5 Å². The minimum Gasteiger partial charge on any atom is -0.492 e. The normalized spacial score (nSPS) is 18.1. The summed E-state index contributed by atoms with van der Waals surface area (Å²) in [5.74, 6) is 0.626. The van der Waals surface area contributed by atoms with E-state index in [2.05, 4.69) is 10.3 Å². The quantitative estimate of drug-likeness (QED) is 0.816. The minimum absolute atomic E-state index is 0.103. The molecule has 1 atom stereocenters. The second kappa shape index (κ2) is 7.96. The Labute approximate surface area is 159 Å². The lowest BCUT2D eigenvalue weighted by Crippen LogP contribution is -2.32. The number of anilines is 2. The van der Waals surface area contributed by atoms with E-state index in [0.717, 1.165) is 0 Å². The molecule has 2 heterocycles. The molecule has 1 aliphatic rings. The van der Waals surface area contributed by atoms with Crippen LogP contribution in [0.15, 0.2) is 42.7 Å². The highest BCUT2D eigenvalue weighted by Crippen LogP contribution is 2.26. The molecule has 1 saturated heterocycles. The Morgan fingerprint density at radius 3 is 2.81 bits per heavy atom. The van der Waals surface area contributed by atoms with Gasteiger partial charge in [0.05, 0.1) is 41.2 Å². The maximum Gasteiger partial charge on any atom is 0.257 e. The average molecular weight is 389 g/mol. The summed E-state index contributed by atoms with van der Waals surface area (Å²) in [4.78, 5) is 18.7. The molecule has 27 heavy (non-hydrogen) atoms. The molecule has 7 nitrogen and oxygen atoms in total.